The fourth-order valence-corrected chi connectivity index (χ4v) is 3.19. The van der Waals surface area contributed by atoms with E-state index in [-0.39, 0.29) is 0 Å². The van der Waals surface area contributed by atoms with Gasteiger partial charge in [0.25, 0.3) is 0 Å². The van der Waals surface area contributed by atoms with Crippen LogP contribution >= 0.6 is 8.58 Å². The van der Waals surface area contributed by atoms with Gasteiger partial charge in [0.1, 0.15) is 0 Å². The Morgan fingerprint density at radius 1 is 0.600 bits per heavy atom. The largest absolute Gasteiger partial charge is 0.355 e. The van der Waals surface area contributed by atoms with E-state index in [9.17, 15) is 0 Å². The summed E-state index contributed by atoms with van der Waals surface area (Å²) in [5.41, 5.74) is 2.30. The Kier molecular flexibility index (Phi) is 4.10. The van der Waals surface area contributed by atoms with Crippen molar-refractivity contribution in [2.75, 3.05) is 5.32 Å². The van der Waals surface area contributed by atoms with Crippen LogP contribution in [0.3, 0.4) is 0 Å². The van der Waals surface area contributed by atoms with Crippen molar-refractivity contribution < 1.29 is 0 Å². The van der Waals surface area contributed by atoms with Gasteiger partial charge in [0, 0.05) is 16.7 Å². The molecule has 3 rings (SSSR count). The van der Waals surface area contributed by atoms with E-state index in [1.165, 1.54) is 16.3 Å². The van der Waals surface area contributed by atoms with Crippen LogP contribution in [0, 0.1) is 0 Å². The molecule has 0 saturated heterocycles. The van der Waals surface area contributed by atoms with Crippen molar-refractivity contribution >= 4 is 30.6 Å². The van der Waals surface area contributed by atoms with E-state index in [1.807, 2.05) is 18.2 Å². The Morgan fingerprint density at radius 2 is 1.20 bits per heavy atom. The van der Waals surface area contributed by atoms with Crippen molar-refractivity contribution in [3.63, 3.8) is 0 Å². The van der Waals surface area contributed by atoms with Gasteiger partial charge in [0.05, 0.1) is 0 Å². The average Bonchev–Trinajstić information content (AvgIpc) is 2.51. The Labute approximate surface area is 121 Å². The van der Waals surface area contributed by atoms with E-state index in [0.29, 0.717) is 8.58 Å². The minimum absolute atomic E-state index is 0.665. The molecule has 0 saturated carbocycles. The highest BCUT2D eigenvalue weighted by Crippen LogP contribution is 2.20. The van der Waals surface area contributed by atoms with Gasteiger partial charge in [-0.05, 0) is 23.5 Å². The number of rotatable bonds is 4. The number of hydrogen-bond donors (Lipinski definition) is 1. The first-order chi connectivity index (χ1) is 9.92. The zero-order chi connectivity index (χ0) is 13.6. The lowest BCUT2D eigenvalue weighted by molar-refractivity contribution is 1.57. The van der Waals surface area contributed by atoms with Crippen LogP contribution in [0.15, 0.2) is 84.9 Å². The van der Waals surface area contributed by atoms with E-state index >= 15 is 0 Å². The molecule has 0 bridgehead atoms. The monoisotopic (exact) mass is 277 g/mol. The van der Waals surface area contributed by atoms with Gasteiger partial charge in [0.2, 0.25) is 0 Å². The third kappa shape index (κ3) is 3.26. The predicted molar refractivity (Wildman–Crippen MR) is 90.2 cm³/mol. The molecular formula is C18H16NP. The van der Waals surface area contributed by atoms with Gasteiger partial charge in [-0.2, -0.15) is 0 Å². The Bertz CT molecular complexity index is 605. The molecule has 3 aromatic carbocycles. The van der Waals surface area contributed by atoms with Crippen molar-refractivity contribution in [3.8, 4) is 0 Å². The molecule has 1 N–H and O–H groups in total. The summed E-state index contributed by atoms with van der Waals surface area (Å²) < 4.78 is 0. The van der Waals surface area contributed by atoms with Gasteiger partial charge in [-0.3, -0.25) is 0 Å². The normalized spacial score (nSPS) is 10.8. The number of benzene rings is 3. The van der Waals surface area contributed by atoms with Gasteiger partial charge in [-0.1, -0.05) is 75.3 Å². The maximum Gasteiger partial charge on any atom is 0.0462 e. The quantitative estimate of drug-likeness (QED) is 0.709. The molecule has 98 valence electrons. The van der Waals surface area contributed by atoms with Crippen molar-refractivity contribution in [3.05, 3.63) is 84.9 Å². The van der Waals surface area contributed by atoms with Crippen molar-refractivity contribution in [2.45, 2.75) is 0 Å². The van der Waals surface area contributed by atoms with Crippen LogP contribution in [0.4, 0.5) is 11.4 Å². The summed E-state index contributed by atoms with van der Waals surface area (Å²) in [7, 11) is 0.665. The van der Waals surface area contributed by atoms with Gasteiger partial charge in [0.15, 0.2) is 0 Å². The summed E-state index contributed by atoms with van der Waals surface area (Å²) >= 11 is 0. The Hall–Kier alpha value is -2.11. The minimum Gasteiger partial charge on any atom is -0.355 e. The molecule has 3 aromatic rings. The topological polar surface area (TPSA) is 12.0 Å². The van der Waals surface area contributed by atoms with Crippen LogP contribution in [0.2, 0.25) is 0 Å². The highest BCUT2D eigenvalue weighted by Gasteiger charge is 2.03. The van der Waals surface area contributed by atoms with E-state index in [0.717, 1.165) is 5.69 Å². The third-order valence-corrected chi connectivity index (χ3v) is 4.36. The molecular weight excluding hydrogens is 261 g/mol. The maximum atomic E-state index is 3.50. The highest BCUT2D eigenvalue weighted by atomic mass is 31.1. The summed E-state index contributed by atoms with van der Waals surface area (Å²) in [4.78, 5) is 0. The van der Waals surface area contributed by atoms with Crippen LogP contribution in [0.5, 0.6) is 0 Å². The summed E-state index contributed by atoms with van der Waals surface area (Å²) in [5, 5.41) is 6.19. The standard InChI is InChI=1S/C18H16NP/c1-3-9-15(10-4-1)19-17-13-7-8-14-18(17)20-16-11-5-2-6-12-16/h1-14,19-20H. The van der Waals surface area contributed by atoms with Crippen LogP contribution in [-0.2, 0) is 0 Å². The van der Waals surface area contributed by atoms with Crippen molar-refractivity contribution in [1.82, 2.24) is 0 Å². The first kappa shape index (κ1) is 12.9. The predicted octanol–water partition coefficient (Wildman–Crippen LogP) is 4.06. The third-order valence-electron chi connectivity index (χ3n) is 3.03. The second kappa shape index (κ2) is 6.36. The SMILES string of the molecule is c1ccc(Nc2ccccc2Pc2ccccc2)cc1. The lowest BCUT2D eigenvalue weighted by Gasteiger charge is -2.12. The van der Waals surface area contributed by atoms with Crippen LogP contribution in [0.25, 0.3) is 0 Å². The molecule has 0 aliphatic carbocycles. The summed E-state index contributed by atoms with van der Waals surface area (Å²) in [6.07, 6.45) is 0. The van der Waals surface area contributed by atoms with Crippen molar-refractivity contribution in [1.29, 1.82) is 0 Å². The lowest BCUT2D eigenvalue weighted by atomic mass is 10.3. The van der Waals surface area contributed by atoms with Gasteiger partial charge >= 0.3 is 0 Å². The molecule has 0 amide bonds. The number of hydrogen-bond acceptors (Lipinski definition) is 1. The second-order valence-corrected chi connectivity index (χ2v) is 5.89. The summed E-state index contributed by atoms with van der Waals surface area (Å²) in [5.74, 6) is 0. The van der Waals surface area contributed by atoms with Crippen LogP contribution < -0.4 is 15.9 Å². The maximum absolute atomic E-state index is 3.50. The molecule has 20 heavy (non-hydrogen) atoms. The molecule has 0 aromatic heterocycles. The average molecular weight is 277 g/mol. The Balaban J connectivity index is 1.85. The molecule has 1 unspecified atom stereocenters. The molecule has 2 heteroatoms. The number of nitrogens with one attached hydrogen (secondary N) is 1. The minimum atomic E-state index is 0.665. The van der Waals surface area contributed by atoms with E-state index < -0.39 is 0 Å². The molecule has 0 aliphatic rings. The Morgan fingerprint density at radius 3 is 1.95 bits per heavy atom. The van der Waals surface area contributed by atoms with Gasteiger partial charge < -0.3 is 5.32 Å². The number of para-hydroxylation sites is 2. The molecule has 1 nitrogen and oxygen atoms in total. The smallest absolute Gasteiger partial charge is 0.0462 e. The van der Waals surface area contributed by atoms with E-state index in [1.54, 1.807) is 0 Å². The molecule has 0 radical (unpaired) electrons. The zero-order valence-electron chi connectivity index (χ0n) is 11.1. The fourth-order valence-electron chi connectivity index (χ4n) is 2.06. The number of anilines is 2. The molecule has 0 aliphatic heterocycles. The second-order valence-electron chi connectivity index (χ2n) is 4.53. The van der Waals surface area contributed by atoms with E-state index in [2.05, 4.69) is 72.0 Å². The van der Waals surface area contributed by atoms with E-state index in [4.69, 9.17) is 0 Å². The molecule has 0 fully saturated rings. The van der Waals surface area contributed by atoms with Crippen molar-refractivity contribution in [2.24, 2.45) is 0 Å². The zero-order valence-corrected chi connectivity index (χ0v) is 12.1. The van der Waals surface area contributed by atoms with Crippen LogP contribution in [-0.4, -0.2) is 0 Å². The summed E-state index contributed by atoms with van der Waals surface area (Å²) in [6, 6.07) is 29.4. The highest BCUT2D eigenvalue weighted by molar-refractivity contribution is 7.55. The fraction of sp³-hybridized carbons (Fsp3) is 0. The van der Waals surface area contributed by atoms with Crippen LogP contribution in [0.1, 0.15) is 0 Å². The molecule has 0 heterocycles. The first-order valence-corrected chi connectivity index (χ1v) is 7.65. The lowest BCUT2D eigenvalue weighted by Crippen LogP contribution is -2.08. The summed E-state index contributed by atoms with van der Waals surface area (Å²) in [6.45, 7) is 0. The molecule has 0 spiro atoms. The van der Waals surface area contributed by atoms with Gasteiger partial charge in [-0.15, -0.1) is 0 Å². The van der Waals surface area contributed by atoms with Gasteiger partial charge in [-0.25, -0.2) is 0 Å². The molecule has 1 atom stereocenters. The first-order valence-electron chi connectivity index (χ1n) is 6.65.